The van der Waals surface area contributed by atoms with Gasteiger partial charge in [-0.1, -0.05) is 11.6 Å². The normalized spacial score (nSPS) is 21.2. The van der Waals surface area contributed by atoms with E-state index in [1.165, 1.54) is 5.56 Å². The Labute approximate surface area is 82.6 Å². The Hall–Kier alpha value is -0.600. The summed E-state index contributed by atoms with van der Waals surface area (Å²) in [7, 11) is 0. The summed E-state index contributed by atoms with van der Waals surface area (Å²) in [4.78, 5) is 4.04. The van der Waals surface area contributed by atoms with E-state index in [-0.39, 0.29) is 12.5 Å². The first kappa shape index (κ1) is 8.97. The van der Waals surface area contributed by atoms with Crippen molar-refractivity contribution in [2.75, 3.05) is 6.61 Å². The first-order valence-corrected chi connectivity index (χ1v) is 4.95. The lowest BCUT2D eigenvalue weighted by Crippen LogP contribution is -2.13. The molecule has 1 N–H and O–H groups in total. The van der Waals surface area contributed by atoms with Crippen molar-refractivity contribution in [3.8, 4) is 0 Å². The molecule has 1 aromatic heterocycles. The molecule has 0 aromatic carbocycles. The summed E-state index contributed by atoms with van der Waals surface area (Å²) in [5.74, 6) is 0.268. The Bertz CT molecular complexity index is 314. The average molecular weight is 198 g/mol. The van der Waals surface area contributed by atoms with Crippen LogP contribution in [0.15, 0.2) is 12.3 Å². The number of aliphatic hydroxyl groups is 1. The minimum atomic E-state index is 0.216. The second-order valence-corrected chi connectivity index (χ2v) is 3.80. The molecule has 2 rings (SSSR count). The van der Waals surface area contributed by atoms with Crippen LogP contribution in [0.1, 0.15) is 29.9 Å². The van der Waals surface area contributed by atoms with Gasteiger partial charge in [0.15, 0.2) is 0 Å². The number of halogens is 1. The minimum Gasteiger partial charge on any atom is -0.396 e. The molecule has 1 atom stereocenters. The Kier molecular flexibility index (Phi) is 2.51. The molecular weight excluding hydrogens is 186 g/mol. The summed E-state index contributed by atoms with van der Waals surface area (Å²) < 4.78 is 0. The summed E-state index contributed by atoms with van der Waals surface area (Å²) in [5, 5.41) is 9.77. The molecule has 0 saturated heterocycles. The molecule has 1 aliphatic rings. The van der Waals surface area contributed by atoms with Crippen molar-refractivity contribution in [3.05, 3.63) is 28.5 Å². The highest BCUT2D eigenvalue weighted by Gasteiger charge is 2.21. The van der Waals surface area contributed by atoms with Crippen molar-refractivity contribution >= 4 is 11.6 Å². The number of rotatable bonds is 1. The number of aromatic nitrogens is 1. The first-order valence-electron chi connectivity index (χ1n) is 4.57. The molecule has 70 valence electrons. The van der Waals surface area contributed by atoms with Crippen LogP contribution in [-0.4, -0.2) is 16.7 Å². The van der Waals surface area contributed by atoms with Crippen molar-refractivity contribution in [1.82, 2.24) is 4.98 Å². The van der Waals surface area contributed by atoms with E-state index in [1.54, 1.807) is 6.20 Å². The monoisotopic (exact) mass is 197 g/mol. The zero-order chi connectivity index (χ0) is 9.26. The molecule has 0 aliphatic heterocycles. The van der Waals surface area contributed by atoms with Gasteiger partial charge in [-0.15, -0.1) is 0 Å². The molecule has 0 spiro atoms. The fourth-order valence-electron chi connectivity index (χ4n) is 1.98. The number of pyridine rings is 1. The van der Waals surface area contributed by atoms with E-state index >= 15 is 0 Å². The first-order chi connectivity index (χ1) is 6.33. The molecule has 0 bridgehead atoms. The molecule has 13 heavy (non-hydrogen) atoms. The molecule has 0 saturated carbocycles. The number of hydrogen-bond acceptors (Lipinski definition) is 2. The van der Waals surface area contributed by atoms with E-state index in [0.717, 1.165) is 24.8 Å². The van der Waals surface area contributed by atoms with Gasteiger partial charge in [-0.3, -0.25) is 0 Å². The predicted octanol–water partition coefficient (Wildman–Crippen LogP) is 2.15. The fourth-order valence-corrected chi connectivity index (χ4v) is 2.24. The molecule has 1 aliphatic carbocycles. The van der Waals surface area contributed by atoms with E-state index in [1.807, 2.05) is 6.07 Å². The molecule has 0 unspecified atom stereocenters. The molecule has 2 nitrogen and oxygen atoms in total. The molecule has 0 fully saturated rings. The van der Waals surface area contributed by atoms with Crippen molar-refractivity contribution in [1.29, 1.82) is 0 Å². The Morgan fingerprint density at radius 3 is 3.23 bits per heavy atom. The number of nitrogens with zero attached hydrogens (tertiary/aromatic N) is 1. The van der Waals surface area contributed by atoms with Crippen LogP contribution >= 0.6 is 11.6 Å². The van der Waals surface area contributed by atoms with Gasteiger partial charge < -0.3 is 5.11 Å². The maximum Gasteiger partial charge on any atom is 0.132 e. The third kappa shape index (κ3) is 1.56. The highest BCUT2D eigenvalue weighted by Crippen LogP contribution is 2.33. The number of hydrogen-bond donors (Lipinski definition) is 1. The quantitative estimate of drug-likeness (QED) is 0.700. The van der Waals surface area contributed by atoms with Crippen LogP contribution in [0.5, 0.6) is 0 Å². The second kappa shape index (κ2) is 3.64. The van der Waals surface area contributed by atoms with Crippen LogP contribution < -0.4 is 0 Å². The maximum atomic E-state index is 9.17. The molecular formula is C10H12ClNO. The summed E-state index contributed by atoms with van der Waals surface area (Å²) in [6.45, 7) is 0.216. The van der Waals surface area contributed by atoms with Gasteiger partial charge in [-0.05, 0) is 36.5 Å². The van der Waals surface area contributed by atoms with Crippen molar-refractivity contribution < 1.29 is 5.11 Å². The highest BCUT2D eigenvalue weighted by molar-refractivity contribution is 6.30. The Balaban J connectivity index is 2.45. The van der Waals surface area contributed by atoms with Gasteiger partial charge >= 0.3 is 0 Å². The molecule has 0 amide bonds. The average Bonchev–Trinajstić information content (AvgIpc) is 2.18. The third-order valence-electron chi connectivity index (χ3n) is 2.68. The van der Waals surface area contributed by atoms with Gasteiger partial charge in [0.1, 0.15) is 5.15 Å². The number of aliphatic hydroxyl groups excluding tert-OH is 1. The van der Waals surface area contributed by atoms with Gasteiger partial charge in [0, 0.05) is 18.7 Å². The van der Waals surface area contributed by atoms with Crippen molar-refractivity contribution in [3.63, 3.8) is 0 Å². The molecule has 1 heterocycles. The zero-order valence-electron chi connectivity index (χ0n) is 7.33. The van der Waals surface area contributed by atoms with Crippen LogP contribution in [-0.2, 0) is 6.42 Å². The standard InChI is InChI=1S/C10H12ClNO/c11-10-9-3-1-2-7(6-13)8(9)4-5-12-10/h4-5,7,13H,1-3,6H2/t7-/m0/s1. The van der Waals surface area contributed by atoms with Gasteiger partial charge in [0.25, 0.3) is 0 Å². The second-order valence-electron chi connectivity index (χ2n) is 3.44. The highest BCUT2D eigenvalue weighted by atomic mass is 35.5. The van der Waals surface area contributed by atoms with Gasteiger partial charge in [0.05, 0.1) is 0 Å². The van der Waals surface area contributed by atoms with Crippen LogP contribution in [0.4, 0.5) is 0 Å². The largest absolute Gasteiger partial charge is 0.396 e. The van der Waals surface area contributed by atoms with Gasteiger partial charge in [-0.25, -0.2) is 4.98 Å². The van der Waals surface area contributed by atoms with E-state index in [9.17, 15) is 0 Å². The zero-order valence-corrected chi connectivity index (χ0v) is 8.09. The van der Waals surface area contributed by atoms with E-state index in [0.29, 0.717) is 5.15 Å². The van der Waals surface area contributed by atoms with Crippen LogP contribution in [0.3, 0.4) is 0 Å². The van der Waals surface area contributed by atoms with Crippen LogP contribution in [0.25, 0.3) is 0 Å². The third-order valence-corrected chi connectivity index (χ3v) is 3.00. The molecule has 3 heteroatoms. The summed E-state index contributed by atoms with van der Waals surface area (Å²) in [5.41, 5.74) is 2.32. The fraction of sp³-hybridized carbons (Fsp3) is 0.500. The lowest BCUT2D eigenvalue weighted by atomic mass is 9.84. The van der Waals surface area contributed by atoms with Crippen LogP contribution in [0, 0.1) is 0 Å². The number of fused-ring (bicyclic) bond motifs is 1. The predicted molar refractivity (Wildman–Crippen MR) is 52.0 cm³/mol. The summed E-state index contributed by atoms with van der Waals surface area (Å²) in [6.07, 6.45) is 4.88. The molecule has 1 aromatic rings. The Morgan fingerprint density at radius 1 is 1.62 bits per heavy atom. The van der Waals surface area contributed by atoms with Crippen LogP contribution in [0.2, 0.25) is 5.15 Å². The van der Waals surface area contributed by atoms with Gasteiger partial charge in [-0.2, -0.15) is 0 Å². The van der Waals surface area contributed by atoms with E-state index in [2.05, 4.69) is 4.98 Å². The lowest BCUT2D eigenvalue weighted by molar-refractivity contribution is 0.253. The lowest BCUT2D eigenvalue weighted by Gasteiger charge is -2.23. The van der Waals surface area contributed by atoms with Crippen molar-refractivity contribution in [2.45, 2.75) is 25.2 Å². The maximum absolute atomic E-state index is 9.17. The smallest absolute Gasteiger partial charge is 0.132 e. The summed E-state index contributed by atoms with van der Waals surface area (Å²) in [6, 6.07) is 1.97. The van der Waals surface area contributed by atoms with Gasteiger partial charge in [0.2, 0.25) is 0 Å². The minimum absolute atomic E-state index is 0.216. The van der Waals surface area contributed by atoms with E-state index in [4.69, 9.17) is 16.7 Å². The molecule has 0 radical (unpaired) electrons. The SMILES string of the molecule is OC[C@@H]1CCCc2c1ccnc2Cl. The topological polar surface area (TPSA) is 33.1 Å². The Morgan fingerprint density at radius 2 is 2.46 bits per heavy atom. The van der Waals surface area contributed by atoms with E-state index < -0.39 is 0 Å². The summed E-state index contributed by atoms with van der Waals surface area (Å²) >= 11 is 5.97. The van der Waals surface area contributed by atoms with Crippen molar-refractivity contribution in [2.24, 2.45) is 0 Å².